The normalized spacial score (nSPS) is 19.7. The van der Waals surface area contributed by atoms with Crippen LogP contribution in [-0.4, -0.2) is 55.0 Å². The predicted molar refractivity (Wildman–Crippen MR) is 119 cm³/mol. The number of thioether (sulfide) groups is 1. The molecule has 3 aromatic carbocycles. The van der Waals surface area contributed by atoms with Crippen LogP contribution in [0.15, 0.2) is 76.5 Å². The van der Waals surface area contributed by atoms with Crippen LogP contribution in [0.25, 0.3) is 10.8 Å². The number of carbonyl (C=O) groups excluding carboxylic acids is 1. The Hall–Kier alpha value is -2.35. The third-order valence-electron chi connectivity index (χ3n) is 5.83. The molecule has 0 unspecified atom stereocenters. The number of nitrogens with zero attached hydrogens (tertiary/aromatic N) is 2. The summed E-state index contributed by atoms with van der Waals surface area (Å²) in [6.07, 6.45) is 0.745. The molecular weight excluding hydrogens is 416 g/mol. The fourth-order valence-corrected chi connectivity index (χ4v) is 6.89. The van der Waals surface area contributed by atoms with Gasteiger partial charge in [0.05, 0.1) is 10.1 Å². The zero-order valence-electron chi connectivity index (χ0n) is 16.4. The molecule has 1 saturated heterocycles. The Morgan fingerprint density at radius 3 is 2.33 bits per heavy atom. The highest BCUT2D eigenvalue weighted by molar-refractivity contribution is 8.01. The quantitative estimate of drug-likeness (QED) is 0.629. The van der Waals surface area contributed by atoms with Crippen LogP contribution in [0.5, 0.6) is 0 Å². The van der Waals surface area contributed by atoms with Crippen molar-refractivity contribution in [3.05, 3.63) is 72.3 Å². The van der Waals surface area contributed by atoms with Crippen molar-refractivity contribution < 1.29 is 13.2 Å². The molecule has 2 aliphatic rings. The smallest absolute Gasteiger partial charge is 0.243 e. The van der Waals surface area contributed by atoms with E-state index < -0.39 is 10.0 Å². The Kier molecular flexibility index (Phi) is 5.05. The monoisotopic (exact) mass is 438 g/mol. The van der Waals surface area contributed by atoms with Crippen molar-refractivity contribution in [3.8, 4) is 0 Å². The number of benzene rings is 3. The molecule has 30 heavy (non-hydrogen) atoms. The SMILES string of the molecule is O=C([C@@H]1Cc2ccccc2S1)N1CCN(S(=O)(=O)c2ccc3ccccc3c2)CC1. The largest absolute Gasteiger partial charge is 0.339 e. The minimum absolute atomic E-state index is 0.106. The molecule has 0 aliphatic carbocycles. The van der Waals surface area contributed by atoms with Crippen LogP contribution >= 0.6 is 11.8 Å². The summed E-state index contributed by atoms with van der Waals surface area (Å²) >= 11 is 1.62. The minimum atomic E-state index is -3.58. The molecule has 7 heteroatoms. The highest BCUT2D eigenvalue weighted by atomic mass is 32.2. The van der Waals surface area contributed by atoms with E-state index in [-0.39, 0.29) is 11.2 Å². The van der Waals surface area contributed by atoms with Crippen molar-refractivity contribution in [2.75, 3.05) is 26.2 Å². The maximum Gasteiger partial charge on any atom is 0.243 e. The second kappa shape index (κ2) is 7.72. The van der Waals surface area contributed by atoms with E-state index in [2.05, 4.69) is 12.1 Å². The van der Waals surface area contributed by atoms with Crippen LogP contribution in [0.1, 0.15) is 5.56 Å². The molecule has 2 aliphatic heterocycles. The molecule has 0 spiro atoms. The molecule has 1 atom stereocenters. The number of sulfonamides is 1. The molecule has 154 valence electrons. The lowest BCUT2D eigenvalue weighted by atomic mass is 10.1. The van der Waals surface area contributed by atoms with E-state index >= 15 is 0 Å². The minimum Gasteiger partial charge on any atom is -0.339 e. The predicted octanol–water partition coefficient (Wildman–Crippen LogP) is 3.39. The van der Waals surface area contributed by atoms with Crippen molar-refractivity contribution in [1.82, 2.24) is 9.21 Å². The van der Waals surface area contributed by atoms with E-state index in [1.165, 1.54) is 14.8 Å². The van der Waals surface area contributed by atoms with E-state index in [1.807, 2.05) is 47.4 Å². The van der Waals surface area contributed by atoms with Gasteiger partial charge in [-0.15, -0.1) is 11.8 Å². The van der Waals surface area contributed by atoms with Gasteiger partial charge < -0.3 is 4.90 Å². The summed E-state index contributed by atoms with van der Waals surface area (Å²) in [5, 5.41) is 1.82. The number of amides is 1. The molecule has 0 bridgehead atoms. The molecule has 2 heterocycles. The lowest BCUT2D eigenvalue weighted by molar-refractivity contribution is -0.131. The maximum atomic E-state index is 13.1. The van der Waals surface area contributed by atoms with Gasteiger partial charge in [-0.3, -0.25) is 4.79 Å². The first kappa shape index (κ1) is 19.6. The van der Waals surface area contributed by atoms with Gasteiger partial charge in [-0.2, -0.15) is 4.31 Å². The second-order valence-electron chi connectivity index (χ2n) is 7.66. The summed E-state index contributed by atoms with van der Waals surface area (Å²) in [5.74, 6) is 0.110. The highest BCUT2D eigenvalue weighted by Crippen LogP contribution is 2.37. The Balaban J connectivity index is 1.26. The first-order valence-electron chi connectivity index (χ1n) is 10.0. The lowest BCUT2D eigenvalue weighted by Crippen LogP contribution is -2.52. The van der Waals surface area contributed by atoms with Crippen molar-refractivity contribution in [3.63, 3.8) is 0 Å². The molecule has 0 aromatic heterocycles. The Morgan fingerprint density at radius 1 is 0.867 bits per heavy atom. The fraction of sp³-hybridized carbons (Fsp3) is 0.261. The van der Waals surface area contributed by atoms with Crippen molar-refractivity contribution in [2.45, 2.75) is 21.5 Å². The van der Waals surface area contributed by atoms with E-state index in [0.29, 0.717) is 31.1 Å². The van der Waals surface area contributed by atoms with Gasteiger partial charge in [-0.1, -0.05) is 48.5 Å². The maximum absolute atomic E-state index is 13.1. The molecule has 1 amide bonds. The van der Waals surface area contributed by atoms with Gasteiger partial charge in [0, 0.05) is 31.1 Å². The van der Waals surface area contributed by atoms with E-state index in [4.69, 9.17) is 0 Å². The molecule has 5 nitrogen and oxygen atoms in total. The highest BCUT2D eigenvalue weighted by Gasteiger charge is 2.35. The van der Waals surface area contributed by atoms with Crippen LogP contribution in [0.2, 0.25) is 0 Å². The third-order valence-corrected chi connectivity index (χ3v) is 9.03. The van der Waals surface area contributed by atoms with E-state index in [9.17, 15) is 13.2 Å². The van der Waals surface area contributed by atoms with E-state index in [1.54, 1.807) is 23.9 Å². The van der Waals surface area contributed by atoms with Crippen LogP contribution in [0.3, 0.4) is 0 Å². The molecule has 0 N–H and O–H groups in total. The van der Waals surface area contributed by atoms with Crippen molar-refractivity contribution >= 4 is 38.5 Å². The lowest BCUT2D eigenvalue weighted by Gasteiger charge is -2.35. The second-order valence-corrected chi connectivity index (χ2v) is 10.8. The number of hydrogen-bond donors (Lipinski definition) is 0. The standard InChI is InChI=1S/C23H22N2O3S2/c26-23(22-16-19-7-3-4-8-21(19)29-22)24-11-13-25(14-12-24)30(27,28)20-10-9-17-5-1-2-6-18(17)15-20/h1-10,15,22H,11-14,16H2/t22-/m0/s1. The summed E-state index contributed by atoms with van der Waals surface area (Å²) in [4.78, 5) is 16.3. The molecular formula is C23H22N2O3S2. The number of rotatable bonds is 3. The zero-order valence-corrected chi connectivity index (χ0v) is 18.0. The van der Waals surface area contributed by atoms with Crippen LogP contribution in [0.4, 0.5) is 0 Å². The van der Waals surface area contributed by atoms with Crippen molar-refractivity contribution in [1.29, 1.82) is 0 Å². The van der Waals surface area contributed by atoms with Gasteiger partial charge in [0.1, 0.15) is 0 Å². The third kappa shape index (κ3) is 3.51. The van der Waals surface area contributed by atoms with Crippen molar-refractivity contribution in [2.24, 2.45) is 0 Å². The zero-order chi connectivity index (χ0) is 20.7. The summed E-state index contributed by atoms with van der Waals surface area (Å²) in [6, 6.07) is 21.1. The van der Waals surface area contributed by atoms with Gasteiger partial charge in [0.25, 0.3) is 0 Å². The summed E-state index contributed by atoms with van der Waals surface area (Å²) in [5.41, 5.74) is 1.22. The van der Waals surface area contributed by atoms with Gasteiger partial charge in [-0.05, 0) is 41.0 Å². The number of carbonyl (C=O) groups is 1. The first-order chi connectivity index (χ1) is 14.5. The Morgan fingerprint density at radius 2 is 1.57 bits per heavy atom. The molecule has 0 saturated carbocycles. The molecule has 0 radical (unpaired) electrons. The molecule has 3 aromatic rings. The summed E-state index contributed by atoms with van der Waals surface area (Å²) in [6.45, 7) is 1.51. The molecule has 1 fully saturated rings. The number of piperazine rings is 1. The average Bonchev–Trinajstić information content (AvgIpc) is 3.22. The van der Waals surface area contributed by atoms with E-state index in [0.717, 1.165) is 17.2 Å². The van der Waals surface area contributed by atoms with Gasteiger partial charge in [-0.25, -0.2) is 8.42 Å². The Labute approximate surface area is 180 Å². The fourth-order valence-electron chi connectivity index (χ4n) is 4.15. The topological polar surface area (TPSA) is 57.7 Å². The van der Waals surface area contributed by atoms with Gasteiger partial charge in [0.15, 0.2) is 0 Å². The number of fused-ring (bicyclic) bond motifs is 2. The summed E-state index contributed by atoms with van der Waals surface area (Å²) < 4.78 is 27.8. The van der Waals surface area contributed by atoms with Crippen LogP contribution in [0, 0.1) is 0 Å². The molecule has 5 rings (SSSR count). The Bertz CT molecular complexity index is 1190. The first-order valence-corrected chi connectivity index (χ1v) is 12.4. The van der Waals surface area contributed by atoms with Gasteiger partial charge >= 0.3 is 0 Å². The van der Waals surface area contributed by atoms with Crippen LogP contribution in [-0.2, 0) is 21.2 Å². The number of hydrogen-bond acceptors (Lipinski definition) is 4. The van der Waals surface area contributed by atoms with Crippen LogP contribution < -0.4 is 0 Å². The van der Waals surface area contributed by atoms with Gasteiger partial charge in [0.2, 0.25) is 15.9 Å². The average molecular weight is 439 g/mol. The summed E-state index contributed by atoms with van der Waals surface area (Å²) in [7, 11) is -3.58.